The van der Waals surface area contributed by atoms with E-state index in [-0.39, 0.29) is 18.4 Å². The number of alkyl halides is 3. The third kappa shape index (κ3) is 6.57. The lowest BCUT2D eigenvalue weighted by molar-refractivity contribution is -0.146. The number of carbonyl (C=O) groups is 2. The van der Waals surface area contributed by atoms with Crippen LogP contribution >= 0.6 is 0 Å². The number of halogens is 3. The van der Waals surface area contributed by atoms with E-state index in [1.165, 1.54) is 7.11 Å². The molecule has 1 N–H and O–H groups in total. The number of methoxy groups -OCH3 is 1. The summed E-state index contributed by atoms with van der Waals surface area (Å²) in [5, 5.41) is 9.64. The number of carboxylic acids is 1. The fourth-order valence-corrected chi connectivity index (χ4v) is 5.95. The van der Waals surface area contributed by atoms with Gasteiger partial charge in [0, 0.05) is 18.3 Å². The number of rotatable bonds is 8. The summed E-state index contributed by atoms with van der Waals surface area (Å²) in [4.78, 5) is 31.0. The summed E-state index contributed by atoms with van der Waals surface area (Å²) in [7, 11) is 1.53. The van der Waals surface area contributed by atoms with Crippen LogP contribution in [0.3, 0.4) is 0 Å². The van der Waals surface area contributed by atoms with Crippen LogP contribution in [-0.4, -0.2) is 46.7 Å². The lowest BCUT2D eigenvalue weighted by Gasteiger charge is -2.35. The summed E-state index contributed by atoms with van der Waals surface area (Å²) in [5.74, 6) is -0.500. The third-order valence-electron chi connectivity index (χ3n) is 8.33. The second-order valence-electron chi connectivity index (χ2n) is 13.0. The highest BCUT2D eigenvalue weighted by Crippen LogP contribution is 2.46. The van der Waals surface area contributed by atoms with Gasteiger partial charge < -0.3 is 14.6 Å². The Morgan fingerprint density at radius 1 is 1.21 bits per heavy atom. The number of aliphatic carboxylic acids is 1. The number of hydrogen-bond donors (Lipinski definition) is 1. The highest BCUT2D eigenvalue weighted by atomic mass is 19.4. The molecule has 0 spiro atoms. The molecule has 1 aromatic carbocycles. The minimum atomic E-state index is -4.51. The van der Waals surface area contributed by atoms with Crippen LogP contribution in [0.2, 0.25) is 0 Å². The van der Waals surface area contributed by atoms with Crippen LogP contribution in [0.1, 0.15) is 87.8 Å². The molecule has 2 aliphatic rings. The Labute approximate surface area is 244 Å². The first kappa shape index (κ1) is 31.4. The van der Waals surface area contributed by atoms with Crippen molar-refractivity contribution in [1.29, 1.82) is 0 Å². The SMILES string of the molecule is COc1ncc(CC(C)(C)C(=O)O)cc1C1=C(CN2C(=O)O[C@H](c3cc(C)cc(C(F)(F)F)c3)[C@@H]2C)CC(C)(C)CC1. The van der Waals surface area contributed by atoms with E-state index in [9.17, 15) is 27.9 Å². The van der Waals surface area contributed by atoms with Crippen LogP contribution in [0, 0.1) is 17.8 Å². The molecule has 0 bridgehead atoms. The first-order valence-corrected chi connectivity index (χ1v) is 14.1. The lowest BCUT2D eigenvalue weighted by atomic mass is 9.72. The molecule has 7 nitrogen and oxygen atoms in total. The number of pyridine rings is 1. The number of benzene rings is 1. The number of carbonyl (C=O) groups excluding carboxylic acids is 1. The zero-order valence-electron chi connectivity index (χ0n) is 25.2. The first-order valence-electron chi connectivity index (χ1n) is 14.1. The molecule has 1 amide bonds. The van der Waals surface area contributed by atoms with E-state index in [4.69, 9.17) is 9.47 Å². The number of cyclic esters (lactones) is 1. The molecule has 42 heavy (non-hydrogen) atoms. The summed E-state index contributed by atoms with van der Waals surface area (Å²) in [5.41, 5.74) is 2.41. The standard InChI is InChI=1S/C32H39F3N2O5/c1-18-10-21(13-23(11-18)32(33,34)35)26-19(2)37(29(40)42-26)17-22-15-30(3,4)9-8-24(22)25-12-20(16-36-27(25)41-7)14-31(5,6)28(38)39/h10-13,16,19,26H,8-9,14-15,17H2,1-7H3,(H,38,39)/t19-,26-/m0/s1. The van der Waals surface area contributed by atoms with Crippen molar-refractivity contribution in [2.75, 3.05) is 13.7 Å². The molecule has 10 heteroatoms. The van der Waals surface area contributed by atoms with Gasteiger partial charge in [-0.3, -0.25) is 9.69 Å². The zero-order valence-corrected chi connectivity index (χ0v) is 25.2. The van der Waals surface area contributed by atoms with Crippen molar-refractivity contribution < 1.29 is 37.3 Å². The average molecular weight is 589 g/mol. The number of allylic oxidation sites excluding steroid dienone is 1. The number of hydrogen-bond acceptors (Lipinski definition) is 5. The molecule has 1 aliphatic heterocycles. The van der Waals surface area contributed by atoms with Crippen LogP contribution in [0.5, 0.6) is 5.88 Å². The molecule has 1 fully saturated rings. The Hall–Kier alpha value is -3.56. The molecule has 1 saturated heterocycles. The van der Waals surface area contributed by atoms with Gasteiger partial charge in [0.05, 0.1) is 24.1 Å². The van der Waals surface area contributed by atoms with Gasteiger partial charge in [0.1, 0.15) is 6.10 Å². The van der Waals surface area contributed by atoms with Crippen molar-refractivity contribution in [3.63, 3.8) is 0 Å². The molecular weight excluding hydrogens is 549 g/mol. The van der Waals surface area contributed by atoms with Crippen molar-refractivity contribution in [3.05, 3.63) is 63.9 Å². The van der Waals surface area contributed by atoms with Crippen LogP contribution in [0.25, 0.3) is 5.57 Å². The van der Waals surface area contributed by atoms with E-state index in [1.807, 2.05) is 6.07 Å². The maximum absolute atomic E-state index is 13.5. The third-order valence-corrected chi connectivity index (χ3v) is 8.33. The topological polar surface area (TPSA) is 89.0 Å². The monoisotopic (exact) mass is 588 g/mol. The van der Waals surface area contributed by atoms with Gasteiger partial charge in [-0.25, -0.2) is 9.78 Å². The van der Waals surface area contributed by atoms with E-state index in [2.05, 4.69) is 18.8 Å². The van der Waals surface area contributed by atoms with Gasteiger partial charge in [0.25, 0.3) is 0 Å². The Morgan fingerprint density at radius 3 is 2.52 bits per heavy atom. The molecule has 2 aromatic rings. The fourth-order valence-electron chi connectivity index (χ4n) is 5.95. The minimum absolute atomic E-state index is 0.0488. The van der Waals surface area contributed by atoms with Crippen LogP contribution in [0.15, 0.2) is 36.0 Å². The van der Waals surface area contributed by atoms with Gasteiger partial charge in [-0.1, -0.05) is 25.5 Å². The molecule has 1 aromatic heterocycles. The molecule has 228 valence electrons. The van der Waals surface area contributed by atoms with Gasteiger partial charge in [0.15, 0.2) is 0 Å². The first-order chi connectivity index (χ1) is 19.4. The van der Waals surface area contributed by atoms with Crippen LogP contribution in [-0.2, 0) is 22.1 Å². The van der Waals surface area contributed by atoms with E-state index in [0.29, 0.717) is 29.8 Å². The van der Waals surface area contributed by atoms with Crippen molar-refractivity contribution in [1.82, 2.24) is 9.88 Å². The Morgan fingerprint density at radius 2 is 1.90 bits per heavy atom. The zero-order chi connectivity index (χ0) is 31.2. The van der Waals surface area contributed by atoms with E-state index < -0.39 is 41.4 Å². The summed E-state index contributed by atoms with van der Waals surface area (Å²) >= 11 is 0. The molecule has 0 saturated carbocycles. The Bertz CT molecular complexity index is 1410. The minimum Gasteiger partial charge on any atom is -0.481 e. The van der Waals surface area contributed by atoms with E-state index in [1.54, 1.807) is 44.9 Å². The second kappa shape index (κ2) is 11.3. The predicted octanol–water partition coefficient (Wildman–Crippen LogP) is 7.62. The molecular formula is C32H39F3N2O5. The van der Waals surface area contributed by atoms with Gasteiger partial charge in [-0.15, -0.1) is 0 Å². The number of ether oxygens (including phenoxy) is 2. The number of aryl methyl sites for hydroxylation is 1. The molecule has 4 rings (SSSR count). The summed E-state index contributed by atoms with van der Waals surface area (Å²) in [6, 6.07) is 5.17. The molecule has 0 radical (unpaired) electrons. The van der Waals surface area contributed by atoms with E-state index >= 15 is 0 Å². The summed E-state index contributed by atoms with van der Waals surface area (Å²) < 4.78 is 51.9. The molecule has 2 atom stereocenters. The van der Waals surface area contributed by atoms with E-state index in [0.717, 1.165) is 40.8 Å². The summed E-state index contributed by atoms with van der Waals surface area (Å²) in [6.07, 6.45) is -1.79. The molecule has 2 heterocycles. The second-order valence-corrected chi connectivity index (χ2v) is 13.0. The quantitative estimate of drug-likeness (QED) is 0.341. The van der Waals surface area contributed by atoms with Crippen LogP contribution in [0.4, 0.5) is 18.0 Å². The number of carboxylic acid groups (broad SMARTS) is 1. The van der Waals surface area contributed by atoms with Crippen molar-refractivity contribution in [2.24, 2.45) is 10.8 Å². The smallest absolute Gasteiger partial charge is 0.416 e. The number of aromatic nitrogens is 1. The lowest BCUT2D eigenvalue weighted by Crippen LogP contribution is -2.35. The molecule has 0 unspecified atom stereocenters. The Balaban J connectivity index is 1.72. The van der Waals surface area contributed by atoms with Gasteiger partial charge in [-0.05, 0) is 99.3 Å². The van der Waals surface area contributed by atoms with Gasteiger partial charge in [-0.2, -0.15) is 13.2 Å². The largest absolute Gasteiger partial charge is 0.481 e. The number of nitrogens with zero attached hydrogens (tertiary/aromatic N) is 2. The maximum atomic E-state index is 13.5. The Kier molecular flexibility index (Phi) is 8.41. The highest BCUT2D eigenvalue weighted by molar-refractivity contribution is 5.77. The van der Waals surface area contributed by atoms with Gasteiger partial charge in [0.2, 0.25) is 5.88 Å². The maximum Gasteiger partial charge on any atom is 0.416 e. The summed E-state index contributed by atoms with van der Waals surface area (Å²) in [6.45, 7) is 11.3. The van der Waals surface area contributed by atoms with Crippen molar-refractivity contribution >= 4 is 17.6 Å². The van der Waals surface area contributed by atoms with Crippen molar-refractivity contribution in [3.8, 4) is 5.88 Å². The fraction of sp³-hybridized carbons (Fsp3) is 0.531. The number of amides is 1. The normalized spacial score (nSPS) is 21.0. The predicted molar refractivity (Wildman–Crippen MR) is 152 cm³/mol. The average Bonchev–Trinajstić information content (AvgIpc) is 3.15. The highest BCUT2D eigenvalue weighted by Gasteiger charge is 2.42. The van der Waals surface area contributed by atoms with Crippen LogP contribution < -0.4 is 4.74 Å². The van der Waals surface area contributed by atoms with Gasteiger partial charge >= 0.3 is 18.2 Å². The molecule has 1 aliphatic carbocycles. The van der Waals surface area contributed by atoms with Crippen molar-refractivity contribution in [2.45, 2.75) is 85.5 Å².